The summed E-state index contributed by atoms with van der Waals surface area (Å²) in [6, 6.07) is 3.90. The van der Waals surface area contributed by atoms with Gasteiger partial charge >= 0.3 is 0 Å². The lowest BCUT2D eigenvalue weighted by atomic mass is 10.2. The average molecular weight is 291 g/mol. The van der Waals surface area contributed by atoms with Gasteiger partial charge in [0, 0.05) is 13.1 Å². The van der Waals surface area contributed by atoms with Gasteiger partial charge in [-0.3, -0.25) is 4.79 Å². The van der Waals surface area contributed by atoms with Gasteiger partial charge < -0.3 is 15.3 Å². The van der Waals surface area contributed by atoms with Crippen LogP contribution in [0.25, 0.3) is 0 Å². The van der Waals surface area contributed by atoms with Gasteiger partial charge in [-0.05, 0) is 25.2 Å². The van der Waals surface area contributed by atoms with Crippen LogP contribution in [-0.2, 0) is 0 Å². The fourth-order valence-electron chi connectivity index (χ4n) is 1.66. The number of benzene rings is 1. The molecule has 0 fully saturated rings. The van der Waals surface area contributed by atoms with Crippen LogP contribution in [0.1, 0.15) is 24.2 Å². The molecule has 19 heavy (non-hydrogen) atoms. The Hall–Kier alpha value is -1.33. The Kier molecular flexibility index (Phi) is 8.11. The van der Waals surface area contributed by atoms with Gasteiger partial charge in [-0.15, -0.1) is 12.4 Å². The SMILES string of the molecule is CCN(CC)CCNC(=O)c1cccc(F)c1O.Cl. The van der Waals surface area contributed by atoms with Crippen molar-refractivity contribution in [2.24, 2.45) is 0 Å². The molecule has 4 nitrogen and oxygen atoms in total. The van der Waals surface area contributed by atoms with Crippen molar-refractivity contribution in [1.29, 1.82) is 0 Å². The molecule has 1 rings (SSSR count). The van der Waals surface area contributed by atoms with E-state index in [0.717, 1.165) is 25.7 Å². The molecule has 0 aromatic heterocycles. The van der Waals surface area contributed by atoms with E-state index in [2.05, 4.69) is 10.2 Å². The van der Waals surface area contributed by atoms with Crippen LogP contribution >= 0.6 is 12.4 Å². The summed E-state index contributed by atoms with van der Waals surface area (Å²) in [6.07, 6.45) is 0. The lowest BCUT2D eigenvalue weighted by molar-refractivity contribution is 0.0945. The minimum Gasteiger partial charge on any atom is -0.504 e. The van der Waals surface area contributed by atoms with Crippen LogP contribution in [0.3, 0.4) is 0 Å². The summed E-state index contributed by atoms with van der Waals surface area (Å²) in [5, 5.41) is 12.1. The highest BCUT2D eigenvalue weighted by Gasteiger charge is 2.13. The van der Waals surface area contributed by atoms with Crippen LogP contribution in [0, 0.1) is 5.82 Å². The average Bonchev–Trinajstić information content (AvgIpc) is 2.37. The second kappa shape index (κ2) is 8.72. The van der Waals surface area contributed by atoms with Crippen molar-refractivity contribution >= 4 is 18.3 Å². The van der Waals surface area contributed by atoms with E-state index >= 15 is 0 Å². The standard InChI is InChI=1S/C13H19FN2O2.ClH/c1-3-16(4-2)9-8-15-13(18)10-6-5-7-11(14)12(10)17;/h5-7,17H,3-4,8-9H2,1-2H3,(H,15,18);1H. The Morgan fingerprint density at radius 1 is 1.37 bits per heavy atom. The van der Waals surface area contributed by atoms with Gasteiger partial charge in [0.05, 0.1) is 5.56 Å². The van der Waals surface area contributed by atoms with Gasteiger partial charge in [-0.1, -0.05) is 19.9 Å². The Labute approximate surface area is 119 Å². The van der Waals surface area contributed by atoms with E-state index < -0.39 is 17.5 Å². The summed E-state index contributed by atoms with van der Waals surface area (Å²) >= 11 is 0. The molecule has 0 aliphatic rings. The van der Waals surface area contributed by atoms with E-state index in [9.17, 15) is 14.3 Å². The molecule has 1 amide bonds. The topological polar surface area (TPSA) is 52.6 Å². The second-order valence-corrected chi connectivity index (χ2v) is 3.92. The largest absolute Gasteiger partial charge is 0.504 e. The Morgan fingerprint density at radius 2 is 2.00 bits per heavy atom. The molecule has 0 unspecified atom stereocenters. The first kappa shape index (κ1) is 17.7. The molecule has 6 heteroatoms. The number of aromatic hydroxyl groups is 1. The third-order valence-electron chi connectivity index (χ3n) is 2.84. The molecule has 0 aliphatic heterocycles. The number of hydrogen-bond donors (Lipinski definition) is 2. The zero-order valence-electron chi connectivity index (χ0n) is 11.1. The summed E-state index contributed by atoms with van der Waals surface area (Å²) in [6.45, 7) is 7.12. The van der Waals surface area contributed by atoms with Gasteiger partial charge in [0.15, 0.2) is 11.6 Å². The first-order valence-corrected chi connectivity index (χ1v) is 6.08. The number of para-hydroxylation sites is 1. The number of halogens is 2. The first-order chi connectivity index (χ1) is 8.60. The van der Waals surface area contributed by atoms with Crippen LogP contribution in [0.15, 0.2) is 18.2 Å². The molecule has 0 atom stereocenters. The van der Waals surface area contributed by atoms with E-state index in [1.807, 2.05) is 13.8 Å². The molecule has 0 saturated carbocycles. The molecular weight excluding hydrogens is 271 g/mol. The summed E-state index contributed by atoms with van der Waals surface area (Å²) in [7, 11) is 0. The van der Waals surface area contributed by atoms with Crippen LogP contribution in [0.5, 0.6) is 5.75 Å². The Balaban J connectivity index is 0.00000324. The molecule has 0 aliphatic carbocycles. The number of phenols is 1. The summed E-state index contributed by atoms with van der Waals surface area (Å²) < 4.78 is 13.1. The molecule has 1 aromatic rings. The smallest absolute Gasteiger partial charge is 0.255 e. The number of phenolic OH excluding ortho intramolecular Hbond substituents is 1. The number of hydrogen-bond acceptors (Lipinski definition) is 3. The Morgan fingerprint density at radius 3 is 2.58 bits per heavy atom. The summed E-state index contributed by atoms with van der Waals surface area (Å²) in [5.41, 5.74) is -0.0328. The van der Waals surface area contributed by atoms with Gasteiger partial charge in [0.25, 0.3) is 5.91 Å². The molecule has 2 N–H and O–H groups in total. The lowest BCUT2D eigenvalue weighted by Crippen LogP contribution is -2.34. The van der Waals surface area contributed by atoms with E-state index in [0.29, 0.717) is 6.54 Å². The van der Waals surface area contributed by atoms with E-state index in [4.69, 9.17) is 0 Å². The molecule has 108 valence electrons. The van der Waals surface area contributed by atoms with Crippen LogP contribution < -0.4 is 5.32 Å². The highest BCUT2D eigenvalue weighted by molar-refractivity contribution is 5.96. The third kappa shape index (κ3) is 5.04. The van der Waals surface area contributed by atoms with E-state index in [1.54, 1.807) is 0 Å². The van der Waals surface area contributed by atoms with Gasteiger partial charge in [-0.25, -0.2) is 4.39 Å². The van der Waals surface area contributed by atoms with E-state index in [1.165, 1.54) is 12.1 Å². The highest BCUT2D eigenvalue weighted by atomic mass is 35.5. The molecule has 0 saturated heterocycles. The third-order valence-corrected chi connectivity index (χ3v) is 2.84. The molecule has 1 aromatic carbocycles. The van der Waals surface area contributed by atoms with Gasteiger partial charge in [0.2, 0.25) is 0 Å². The second-order valence-electron chi connectivity index (χ2n) is 3.92. The predicted octanol–water partition coefficient (Wildman–Crippen LogP) is 2.02. The van der Waals surface area contributed by atoms with Gasteiger partial charge in [-0.2, -0.15) is 0 Å². The number of likely N-dealkylation sites (N-methyl/N-ethyl adjacent to an activating group) is 1. The molecule has 0 spiro atoms. The highest BCUT2D eigenvalue weighted by Crippen LogP contribution is 2.20. The van der Waals surface area contributed by atoms with Crippen molar-refractivity contribution in [3.05, 3.63) is 29.6 Å². The zero-order chi connectivity index (χ0) is 13.5. The number of nitrogens with zero attached hydrogens (tertiary/aromatic N) is 1. The van der Waals surface area contributed by atoms with Crippen molar-refractivity contribution < 1.29 is 14.3 Å². The maximum atomic E-state index is 13.1. The number of carbonyl (C=O) groups is 1. The van der Waals surface area contributed by atoms with Crippen LogP contribution in [0.2, 0.25) is 0 Å². The maximum Gasteiger partial charge on any atom is 0.255 e. The maximum absolute atomic E-state index is 13.1. The number of nitrogens with one attached hydrogen (secondary N) is 1. The number of carbonyl (C=O) groups excluding carboxylic acids is 1. The van der Waals surface area contributed by atoms with Crippen LogP contribution in [0.4, 0.5) is 4.39 Å². The molecule has 0 radical (unpaired) electrons. The molecule has 0 heterocycles. The zero-order valence-corrected chi connectivity index (χ0v) is 12.0. The van der Waals surface area contributed by atoms with Crippen molar-refractivity contribution in [1.82, 2.24) is 10.2 Å². The number of rotatable bonds is 6. The molecular formula is C13H20ClFN2O2. The normalized spacial score (nSPS) is 10.1. The minimum atomic E-state index is -0.786. The fourth-order valence-corrected chi connectivity index (χ4v) is 1.66. The predicted molar refractivity (Wildman–Crippen MR) is 75.4 cm³/mol. The Bertz CT molecular complexity index is 412. The summed E-state index contributed by atoms with van der Waals surface area (Å²) in [4.78, 5) is 13.9. The first-order valence-electron chi connectivity index (χ1n) is 6.08. The minimum absolute atomic E-state index is 0. The van der Waals surface area contributed by atoms with E-state index in [-0.39, 0.29) is 18.0 Å². The van der Waals surface area contributed by atoms with Gasteiger partial charge in [0.1, 0.15) is 0 Å². The number of amides is 1. The van der Waals surface area contributed by atoms with Crippen molar-refractivity contribution in [3.8, 4) is 5.75 Å². The van der Waals surface area contributed by atoms with Crippen molar-refractivity contribution in [2.75, 3.05) is 26.2 Å². The quantitative estimate of drug-likeness (QED) is 0.843. The fraction of sp³-hybridized carbons (Fsp3) is 0.462. The van der Waals surface area contributed by atoms with Crippen LogP contribution in [-0.4, -0.2) is 42.1 Å². The monoisotopic (exact) mass is 290 g/mol. The summed E-state index contributed by atoms with van der Waals surface area (Å²) in [5.74, 6) is -1.84. The van der Waals surface area contributed by atoms with Crippen molar-refractivity contribution in [2.45, 2.75) is 13.8 Å². The lowest BCUT2D eigenvalue weighted by Gasteiger charge is -2.18. The molecule has 0 bridgehead atoms. The van der Waals surface area contributed by atoms with Crippen molar-refractivity contribution in [3.63, 3.8) is 0 Å².